The largest absolute Gasteiger partial charge is 0.492 e. The summed E-state index contributed by atoms with van der Waals surface area (Å²) < 4.78 is 10.4. The van der Waals surface area contributed by atoms with Gasteiger partial charge in [-0.1, -0.05) is 43.3 Å². The summed E-state index contributed by atoms with van der Waals surface area (Å²) in [6, 6.07) is 12.8. The highest BCUT2D eigenvalue weighted by atomic mass is 16.5. The molecule has 1 heterocycles. The van der Waals surface area contributed by atoms with E-state index in [0.29, 0.717) is 24.1 Å². The third-order valence-electron chi connectivity index (χ3n) is 4.33. The monoisotopic (exact) mass is 353 g/mol. The molecule has 0 spiro atoms. The van der Waals surface area contributed by atoms with Crippen molar-refractivity contribution in [2.24, 2.45) is 0 Å². The van der Waals surface area contributed by atoms with Crippen molar-refractivity contribution in [2.75, 3.05) is 6.54 Å². The summed E-state index contributed by atoms with van der Waals surface area (Å²) >= 11 is 0. The summed E-state index contributed by atoms with van der Waals surface area (Å²) in [5.74, 6) is -0.884. The van der Waals surface area contributed by atoms with Crippen molar-refractivity contribution < 1.29 is 24.0 Å². The molecule has 0 fully saturated rings. The lowest BCUT2D eigenvalue weighted by molar-refractivity contribution is -0.143. The molecular weight excluding hydrogens is 333 g/mol. The minimum absolute atomic E-state index is 0.165. The zero-order valence-electron chi connectivity index (χ0n) is 14.5. The smallest absolute Gasteiger partial charge is 0.460 e. The molecule has 2 aromatic carbocycles. The van der Waals surface area contributed by atoms with Crippen LogP contribution in [-0.4, -0.2) is 30.6 Å². The molecule has 26 heavy (non-hydrogen) atoms. The number of carbonyl (C=O) groups excluding carboxylic acids is 2. The molecule has 2 aromatic rings. The van der Waals surface area contributed by atoms with E-state index in [9.17, 15) is 14.6 Å². The Labute approximate surface area is 152 Å². The lowest BCUT2D eigenvalue weighted by Crippen LogP contribution is -2.36. The van der Waals surface area contributed by atoms with Crippen molar-refractivity contribution >= 4 is 24.5 Å². The molecule has 0 aromatic heterocycles. The minimum atomic E-state index is -1.01. The number of hydrogen-bond acceptors (Lipinski definition) is 5. The van der Waals surface area contributed by atoms with Crippen LogP contribution in [0.1, 0.15) is 34.0 Å². The Balaban J connectivity index is 1.60. The Morgan fingerprint density at radius 2 is 2.00 bits per heavy atom. The minimum Gasteiger partial charge on any atom is -0.460 e. The first-order valence-corrected chi connectivity index (χ1v) is 8.52. The number of fused-ring (bicyclic) bond motifs is 1. The fourth-order valence-corrected chi connectivity index (χ4v) is 3.03. The van der Waals surface area contributed by atoms with E-state index in [1.807, 2.05) is 37.3 Å². The van der Waals surface area contributed by atoms with Gasteiger partial charge in [0.05, 0.1) is 6.61 Å². The van der Waals surface area contributed by atoms with Gasteiger partial charge in [-0.3, -0.25) is 9.59 Å². The standard InChI is InChI=1S/C19H20BNO5/c1-2-15-16(9-8-14-12-26-20(24)18(14)15)19(23)21-10-17(22)25-11-13-6-4-3-5-7-13/h3-9,24H,2,10-12H2,1H3,(H,21,23). The Morgan fingerprint density at radius 3 is 2.73 bits per heavy atom. The first-order valence-electron chi connectivity index (χ1n) is 8.52. The lowest BCUT2D eigenvalue weighted by Gasteiger charge is -2.13. The fraction of sp³-hybridized carbons (Fsp3) is 0.263. The maximum absolute atomic E-state index is 12.5. The van der Waals surface area contributed by atoms with Gasteiger partial charge in [0, 0.05) is 5.56 Å². The Kier molecular flexibility index (Phi) is 5.70. The second kappa shape index (κ2) is 8.16. The summed E-state index contributed by atoms with van der Waals surface area (Å²) in [4.78, 5) is 24.3. The number of hydrogen-bond donors (Lipinski definition) is 2. The molecule has 0 saturated carbocycles. The molecule has 1 aliphatic heterocycles. The maximum atomic E-state index is 12.5. The van der Waals surface area contributed by atoms with Crippen LogP contribution < -0.4 is 10.8 Å². The van der Waals surface area contributed by atoms with Crippen LogP contribution in [0.2, 0.25) is 0 Å². The predicted molar refractivity (Wildman–Crippen MR) is 96.8 cm³/mol. The van der Waals surface area contributed by atoms with Crippen molar-refractivity contribution in [1.82, 2.24) is 5.32 Å². The summed E-state index contributed by atoms with van der Waals surface area (Å²) in [7, 11) is -1.01. The summed E-state index contributed by atoms with van der Waals surface area (Å²) in [5.41, 5.74) is 3.60. The number of esters is 1. The first kappa shape index (κ1) is 18.2. The Hall–Kier alpha value is -2.64. The number of nitrogens with one attached hydrogen (secondary N) is 1. The third kappa shape index (κ3) is 3.95. The van der Waals surface area contributed by atoms with Gasteiger partial charge < -0.3 is 19.7 Å². The number of rotatable bonds is 6. The second-order valence-electron chi connectivity index (χ2n) is 6.01. The zero-order chi connectivity index (χ0) is 18.5. The Morgan fingerprint density at radius 1 is 1.23 bits per heavy atom. The SMILES string of the molecule is CCc1c(C(=O)NCC(=O)OCc2ccccc2)ccc2c1B(O)OC2. The highest BCUT2D eigenvalue weighted by molar-refractivity contribution is 6.62. The van der Waals surface area contributed by atoms with Crippen LogP contribution in [0, 0.1) is 0 Å². The molecular formula is C19H20BNO5. The van der Waals surface area contributed by atoms with E-state index in [2.05, 4.69) is 5.32 Å². The van der Waals surface area contributed by atoms with Crippen LogP contribution in [0.4, 0.5) is 0 Å². The van der Waals surface area contributed by atoms with E-state index in [1.165, 1.54) is 0 Å². The van der Waals surface area contributed by atoms with Crippen LogP contribution in [0.3, 0.4) is 0 Å². The summed E-state index contributed by atoms with van der Waals surface area (Å²) in [6.45, 7) is 2.19. The second-order valence-corrected chi connectivity index (χ2v) is 6.01. The van der Waals surface area contributed by atoms with E-state index >= 15 is 0 Å². The van der Waals surface area contributed by atoms with Gasteiger partial charge >= 0.3 is 13.1 Å². The van der Waals surface area contributed by atoms with Crippen LogP contribution in [0.15, 0.2) is 42.5 Å². The van der Waals surface area contributed by atoms with Crippen LogP contribution in [-0.2, 0) is 33.8 Å². The Bertz CT molecular complexity index is 809. The topological polar surface area (TPSA) is 84.9 Å². The quantitative estimate of drug-likeness (QED) is 0.597. The average molecular weight is 353 g/mol. The van der Waals surface area contributed by atoms with E-state index in [4.69, 9.17) is 9.39 Å². The molecule has 0 unspecified atom stereocenters. The first-order chi connectivity index (χ1) is 12.6. The number of amides is 1. The number of ether oxygens (including phenoxy) is 1. The van der Waals surface area contributed by atoms with Crippen molar-refractivity contribution in [1.29, 1.82) is 0 Å². The molecule has 1 amide bonds. The maximum Gasteiger partial charge on any atom is 0.492 e. The van der Waals surface area contributed by atoms with Crippen LogP contribution in [0.5, 0.6) is 0 Å². The van der Waals surface area contributed by atoms with Crippen LogP contribution in [0.25, 0.3) is 0 Å². The molecule has 0 saturated heterocycles. The molecule has 134 valence electrons. The fourth-order valence-electron chi connectivity index (χ4n) is 3.03. The van der Waals surface area contributed by atoms with Gasteiger partial charge in [-0.05, 0) is 34.6 Å². The van der Waals surface area contributed by atoms with Crippen molar-refractivity contribution in [3.63, 3.8) is 0 Å². The molecule has 7 heteroatoms. The molecule has 0 aliphatic carbocycles. The van der Waals surface area contributed by atoms with Gasteiger partial charge in [0.25, 0.3) is 5.91 Å². The van der Waals surface area contributed by atoms with Gasteiger partial charge in [0.1, 0.15) is 13.2 Å². The van der Waals surface area contributed by atoms with Gasteiger partial charge in [-0.15, -0.1) is 0 Å². The zero-order valence-corrected chi connectivity index (χ0v) is 14.5. The van der Waals surface area contributed by atoms with E-state index < -0.39 is 13.1 Å². The van der Waals surface area contributed by atoms with Crippen LogP contribution >= 0.6 is 0 Å². The van der Waals surface area contributed by atoms with Gasteiger partial charge in [-0.25, -0.2) is 0 Å². The average Bonchev–Trinajstić information content (AvgIpc) is 3.05. The van der Waals surface area contributed by atoms with E-state index in [1.54, 1.807) is 12.1 Å². The molecule has 0 bridgehead atoms. The molecule has 6 nitrogen and oxygen atoms in total. The summed E-state index contributed by atoms with van der Waals surface area (Å²) in [5, 5.41) is 12.5. The van der Waals surface area contributed by atoms with E-state index in [-0.39, 0.29) is 19.1 Å². The number of benzene rings is 2. The third-order valence-corrected chi connectivity index (χ3v) is 4.33. The van der Waals surface area contributed by atoms with Gasteiger partial charge in [0.15, 0.2) is 0 Å². The summed E-state index contributed by atoms with van der Waals surface area (Å²) in [6.07, 6.45) is 0.574. The van der Waals surface area contributed by atoms with Gasteiger partial charge in [-0.2, -0.15) is 0 Å². The highest BCUT2D eigenvalue weighted by Crippen LogP contribution is 2.17. The lowest BCUT2D eigenvalue weighted by atomic mass is 9.74. The highest BCUT2D eigenvalue weighted by Gasteiger charge is 2.31. The molecule has 2 N–H and O–H groups in total. The van der Waals surface area contributed by atoms with Crippen molar-refractivity contribution in [2.45, 2.75) is 26.6 Å². The number of carbonyl (C=O) groups is 2. The molecule has 0 atom stereocenters. The predicted octanol–water partition coefficient (Wildman–Crippen LogP) is 0.940. The molecule has 3 rings (SSSR count). The van der Waals surface area contributed by atoms with Crippen molar-refractivity contribution in [3.05, 3.63) is 64.7 Å². The van der Waals surface area contributed by atoms with Crippen molar-refractivity contribution in [3.8, 4) is 0 Å². The molecule has 0 radical (unpaired) electrons. The van der Waals surface area contributed by atoms with Gasteiger partial charge in [0.2, 0.25) is 0 Å². The van der Waals surface area contributed by atoms with E-state index in [0.717, 1.165) is 16.7 Å². The molecule has 1 aliphatic rings. The normalized spacial score (nSPS) is 12.6.